The van der Waals surface area contributed by atoms with Crippen LogP contribution in [0.3, 0.4) is 0 Å². The van der Waals surface area contributed by atoms with Crippen molar-refractivity contribution in [3.63, 3.8) is 0 Å². The summed E-state index contributed by atoms with van der Waals surface area (Å²) in [5.74, 6) is -1.12. The van der Waals surface area contributed by atoms with Gasteiger partial charge in [0.15, 0.2) is 0 Å². The summed E-state index contributed by atoms with van der Waals surface area (Å²) in [5, 5.41) is 3.08. The van der Waals surface area contributed by atoms with Crippen LogP contribution in [0.2, 0.25) is 0 Å². The van der Waals surface area contributed by atoms with E-state index in [4.69, 9.17) is 9.29 Å². The van der Waals surface area contributed by atoms with Gasteiger partial charge >= 0.3 is 10.4 Å². The van der Waals surface area contributed by atoms with Crippen molar-refractivity contribution in [2.45, 2.75) is 31.3 Å². The van der Waals surface area contributed by atoms with Crippen LogP contribution in [0.4, 0.5) is 0 Å². The SMILES string of the molecule is CC(=O)NC1C(=O)N(OS(=O)(=O)O)C12CCOCC2. The number of hydrogen-bond acceptors (Lipinski definition) is 6. The van der Waals surface area contributed by atoms with Gasteiger partial charge < -0.3 is 10.1 Å². The lowest BCUT2D eigenvalue weighted by Gasteiger charge is -2.56. The molecule has 2 amide bonds. The largest absolute Gasteiger partial charge is 0.418 e. The molecule has 0 aliphatic carbocycles. The van der Waals surface area contributed by atoms with E-state index in [-0.39, 0.29) is 0 Å². The van der Waals surface area contributed by atoms with Crippen LogP contribution in [0.15, 0.2) is 0 Å². The van der Waals surface area contributed by atoms with E-state index in [1.807, 2.05) is 0 Å². The highest BCUT2D eigenvalue weighted by molar-refractivity contribution is 7.80. The molecule has 0 bridgehead atoms. The van der Waals surface area contributed by atoms with Crippen molar-refractivity contribution in [1.82, 2.24) is 10.4 Å². The average Bonchev–Trinajstić information content (AvgIpc) is 2.33. The van der Waals surface area contributed by atoms with Crippen molar-refractivity contribution < 1.29 is 31.6 Å². The summed E-state index contributed by atoms with van der Waals surface area (Å²) in [6.07, 6.45) is 0.610. The standard InChI is InChI=1S/C9H14N2O7S/c1-6(12)10-7-8(13)11(18-19(14,15)16)9(7)2-4-17-5-3-9/h7H,2-5H2,1H3,(H,10,12)(H,14,15,16). The Morgan fingerprint density at radius 2 is 2.11 bits per heavy atom. The van der Waals surface area contributed by atoms with Crippen LogP contribution < -0.4 is 5.32 Å². The molecule has 1 atom stereocenters. The van der Waals surface area contributed by atoms with Crippen LogP contribution in [0, 0.1) is 0 Å². The average molecular weight is 294 g/mol. The molecule has 0 aromatic carbocycles. The van der Waals surface area contributed by atoms with Gasteiger partial charge in [-0.25, -0.2) is 0 Å². The number of nitrogens with one attached hydrogen (secondary N) is 1. The molecule has 0 radical (unpaired) electrons. The smallest absolute Gasteiger partial charge is 0.381 e. The Hall–Kier alpha value is -1.23. The van der Waals surface area contributed by atoms with Crippen molar-refractivity contribution in [3.05, 3.63) is 0 Å². The molecule has 2 fully saturated rings. The number of hydroxylamine groups is 2. The van der Waals surface area contributed by atoms with Crippen LogP contribution in [0.1, 0.15) is 19.8 Å². The number of hydrogen-bond donors (Lipinski definition) is 2. The summed E-state index contributed by atoms with van der Waals surface area (Å²) in [4.78, 5) is 22.9. The molecule has 0 aromatic heterocycles. The summed E-state index contributed by atoms with van der Waals surface area (Å²) >= 11 is 0. The van der Waals surface area contributed by atoms with E-state index in [0.717, 1.165) is 0 Å². The molecule has 108 valence electrons. The molecule has 0 saturated carbocycles. The third-order valence-corrected chi connectivity index (χ3v) is 3.60. The van der Waals surface area contributed by atoms with Gasteiger partial charge in [0.05, 0.1) is 0 Å². The minimum absolute atomic E-state index is 0.300. The maximum absolute atomic E-state index is 11.8. The van der Waals surface area contributed by atoms with E-state index in [2.05, 4.69) is 9.60 Å². The van der Waals surface area contributed by atoms with Crippen molar-refractivity contribution in [1.29, 1.82) is 0 Å². The first-order valence-corrected chi connectivity index (χ1v) is 6.99. The number of rotatable bonds is 3. The summed E-state index contributed by atoms with van der Waals surface area (Å²) in [6, 6.07) is -0.865. The fourth-order valence-corrected chi connectivity index (χ4v) is 2.85. The zero-order valence-corrected chi connectivity index (χ0v) is 11.0. The molecule has 9 nitrogen and oxygen atoms in total. The van der Waals surface area contributed by atoms with E-state index < -0.39 is 33.8 Å². The zero-order chi connectivity index (χ0) is 14.3. The number of β-lactam (4-membered cyclic amide) rings is 1. The van der Waals surface area contributed by atoms with Gasteiger partial charge in [0, 0.05) is 20.1 Å². The first-order chi connectivity index (χ1) is 8.76. The van der Waals surface area contributed by atoms with Crippen LogP contribution in [-0.4, -0.2) is 54.6 Å². The molecule has 19 heavy (non-hydrogen) atoms. The quantitative estimate of drug-likeness (QED) is 0.485. The molecule has 2 saturated heterocycles. The normalized spacial score (nSPS) is 26.1. The monoisotopic (exact) mass is 294 g/mol. The predicted octanol–water partition coefficient (Wildman–Crippen LogP) is -1.38. The Kier molecular flexibility index (Phi) is 3.51. The lowest BCUT2D eigenvalue weighted by molar-refractivity contribution is -0.240. The summed E-state index contributed by atoms with van der Waals surface area (Å²) in [6.45, 7) is 1.86. The molecule has 1 spiro atoms. The van der Waals surface area contributed by atoms with Gasteiger partial charge in [-0.15, -0.1) is 4.28 Å². The Labute approximate surface area is 109 Å². The third-order valence-electron chi connectivity index (χ3n) is 3.26. The fourth-order valence-electron chi connectivity index (χ4n) is 2.44. The zero-order valence-electron chi connectivity index (χ0n) is 10.2. The van der Waals surface area contributed by atoms with Gasteiger partial charge in [0.25, 0.3) is 5.91 Å². The Bertz CT molecular complexity index is 497. The highest BCUT2D eigenvalue weighted by Gasteiger charge is 2.63. The first kappa shape index (κ1) is 14.2. The predicted molar refractivity (Wildman–Crippen MR) is 59.9 cm³/mol. The topological polar surface area (TPSA) is 122 Å². The Morgan fingerprint density at radius 3 is 2.58 bits per heavy atom. The van der Waals surface area contributed by atoms with Gasteiger partial charge in [0.2, 0.25) is 5.91 Å². The van der Waals surface area contributed by atoms with E-state index in [9.17, 15) is 18.0 Å². The second kappa shape index (κ2) is 4.71. The minimum atomic E-state index is -4.79. The number of carbonyl (C=O) groups excluding carboxylic acids is 2. The van der Waals surface area contributed by atoms with Crippen molar-refractivity contribution in [3.8, 4) is 0 Å². The van der Waals surface area contributed by atoms with Gasteiger partial charge in [0.1, 0.15) is 11.6 Å². The molecule has 2 rings (SSSR count). The van der Waals surface area contributed by atoms with Crippen LogP contribution in [0.25, 0.3) is 0 Å². The van der Waals surface area contributed by atoms with Gasteiger partial charge in [-0.1, -0.05) is 0 Å². The first-order valence-electron chi connectivity index (χ1n) is 5.62. The molecule has 2 N–H and O–H groups in total. The highest BCUT2D eigenvalue weighted by Crippen LogP contribution is 2.41. The second-order valence-electron chi connectivity index (χ2n) is 4.48. The fraction of sp³-hybridized carbons (Fsp3) is 0.778. The van der Waals surface area contributed by atoms with Crippen LogP contribution >= 0.6 is 0 Å². The van der Waals surface area contributed by atoms with E-state index >= 15 is 0 Å². The molecule has 2 aliphatic heterocycles. The van der Waals surface area contributed by atoms with E-state index in [1.54, 1.807) is 0 Å². The molecule has 1 unspecified atom stereocenters. The lowest BCUT2D eigenvalue weighted by atomic mass is 9.74. The molecule has 2 heterocycles. The lowest BCUT2D eigenvalue weighted by Crippen LogP contribution is -2.80. The number of nitrogens with zero attached hydrogens (tertiary/aromatic N) is 1. The Morgan fingerprint density at radius 1 is 1.53 bits per heavy atom. The van der Waals surface area contributed by atoms with Crippen molar-refractivity contribution >= 4 is 22.2 Å². The number of carbonyl (C=O) groups is 2. The number of ether oxygens (including phenoxy) is 1. The second-order valence-corrected chi connectivity index (χ2v) is 5.49. The summed E-state index contributed by atoms with van der Waals surface area (Å²) in [7, 11) is -4.79. The highest BCUT2D eigenvalue weighted by atomic mass is 32.3. The van der Waals surface area contributed by atoms with E-state index in [1.165, 1.54) is 6.92 Å². The minimum Gasteiger partial charge on any atom is -0.381 e. The molecular formula is C9H14N2O7S. The van der Waals surface area contributed by atoms with Gasteiger partial charge in [-0.05, 0) is 12.8 Å². The van der Waals surface area contributed by atoms with Crippen LogP contribution in [0.5, 0.6) is 0 Å². The maximum atomic E-state index is 11.8. The van der Waals surface area contributed by atoms with E-state index in [0.29, 0.717) is 31.1 Å². The summed E-state index contributed by atoms with van der Waals surface area (Å²) in [5.41, 5.74) is -0.989. The third kappa shape index (κ3) is 2.56. The Balaban J connectivity index is 2.24. The summed E-state index contributed by atoms with van der Waals surface area (Å²) < 4.78 is 39.6. The van der Waals surface area contributed by atoms with Crippen molar-refractivity contribution in [2.24, 2.45) is 0 Å². The molecule has 0 aromatic rings. The van der Waals surface area contributed by atoms with Crippen LogP contribution in [-0.2, 0) is 29.0 Å². The molecular weight excluding hydrogens is 280 g/mol. The maximum Gasteiger partial charge on any atom is 0.418 e. The number of amides is 2. The molecule has 2 aliphatic rings. The van der Waals surface area contributed by atoms with Gasteiger partial charge in [-0.3, -0.25) is 14.1 Å². The van der Waals surface area contributed by atoms with Gasteiger partial charge in [-0.2, -0.15) is 13.5 Å². The molecule has 10 heteroatoms. The van der Waals surface area contributed by atoms with Crippen molar-refractivity contribution in [2.75, 3.05) is 13.2 Å².